The Morgan fingerprint density at radius 1 is 1.46 bits per heavy atom. The topological polar surface area (TPSA) is 21.3 Å². The smallest absolute Gasteiger partial charge is 0.165 e. The fourth-order valence-corrected chi connectivity index (χ4v) is 1.08. The van der Waals surface area contributed by atoms with E-state index in [4.69, 9.17) is 4.74 Å². The third-order valence-electron chi connectivity index (χ3n) is 1.79. The molecule has 0 radical (unpaired) electrons. The van der Waals surface area contributed by atoms with Crippen molar-refractivity contribution in [1.29, 1.82) is 0 Å². The van der Waals surface area contributed by atoms with Crippen LogP contribution in [0.15, 0.2) is 18.2 Å². The van der Waals surface area contributed by atoms with E-state index in [-0.39, 0.29) is 5.82 Å². The molecular formula is C10H14FNO. The normalized spacial score (nSPS) is 10.1. The van der Waals surface area contributed by atoms with Crippen LogP contribution < -0.4 is 10.1 Å². The van der Waals surface area contributed by atoms with Crippen molar-refractivity contribution in [3.63, 3.8) is 0 Å². The van der Waals surface area contributed by atoms with Gasteiger partial charge in [0, 0.05) is 6.54 Å². The van der Waals surface area contributed by atoms with Gasteiger partial charge in [-0.05, 0) is 24.2 Å². The van der Waals surface area contributed by atoms with E-state index in [0.29, 0.717) is 5.75 Å². The molecule has 0 amide bonds. The second-order valence-corrected chi connectivity index (χ2v) is 2.75. The maximum Gasteiger partial charge on any atom is 0.165 e. The number of rotatable bonds is 4. The highest BCUT2D eigenvalue weighted by molar-refractivity contribution is 5.30. The molecule has 1 aromatic carbocycles. The van der Waals surface area contributed by atoms with Crippen LogP contribution in [0.5, 0.6) is 5.75 Å². The molecule has 0 aromatic heterocycles. The van der Waals surface area contributed by atoms with Crippen LogP contribution in [0.4, 0.5) is 4.39 Å². The molecule has 0 saturated carbocycles. The minimum absolute atomic E-state index is 0.301. The fraction of sp³-hybridized carbons (Fsp3) is 0.400. The molecule has 1 aromatic rings. The molecule has 0 aliphatic heterocycles. The largest absolute Gasteiger partial charge is 0.494 e. The summed E-state index contributed by atoms with van der Waals surface area (Å²) in [5, 5.41) is 3.16. The van der Waals surface area contributed by atoms with E-state index in [2.05, 4.69) is 5.32 Å². The Morgan fingerprint density at radius 3 is 2.85 bits per heavy atom. The Hall–Kier alpha value is -1.09. The lowest BCUT2D eigenvalue weighted by Crippen LogP contribution is -2.11. The van der Waals surface area contributed by atoms with E-state index in [9.17, 15) is 4.39 Å². The van der Waals surface area contributed by atoms with Crippen LogP contribution >= 0.6 is 0 Å². The summed E-state index contributed by atoms with van der Waals surface area (Å²) in [6, 6.07) is 4.88. The molecule has 72 valence electrons. The predicted octanol–water partition coefficient (Wildman–Crippen LogP) is 1.94. The molecule has 0 atom stereocenters. The summed E-state index contributed by atoms with van der Waals surface area (Å²) in [7, 11) is 1.47. The first-order valence-corrected chi connectivity index (χ1v) is 4.31. The number of nitrogens with one attached hydrogen (secondary N) is 1. The summed E-state index contributed by atoms with van der Waals surface area (Å²) in [5.41, 5.74) is 1.03. The molecule has 3 heteroatoms. The van der Waals surface area contributed by atoms with Gasteiger partial charge in [0.05, 0.1) is 7.11 Å². The lowest BCUT2D eigenvalue weighted by molar-refractivity contribution is 0.385. The SMILES string of the molecule is CCNCc1ccc(F)c(OC)c1. The fourth-order valence-electron chi connectivity index (χ4n) is 1.08. The van der Waals surface area contributed by atoms with Crippen LogP contribution in [-0.2, 0) is 6.54 Å². The van der Waals surface area contributed by atoms with Gasteiger partial charge in [-0.1, -0.05) is 13.0 Å². The van der Waals surface area contributed by atoms with Gasteiger partial charge in [0.1, 0.15) is 0 Å². The molecule has 0 unspecified atom stereocenters. The molecule has 0 fully saturated rings. The number of halogens is 1. The van der Waals surface area contributed by atoms with E-state index in [1.165, 1.54) is 13.2 Å². The van der Waals surface area contributed by atoms with Crippen LogP contribution in [0.3, 0.4) is 0 Å². The van der Waals surface area contributed by atoms with E-state index in [1.807, 2.05) is 6.92 Å². The Morgan fingerprint density at radius 2 is 2.23 bits per heavy atom. The summed E-state index contributed by atoms with van der Waals surface area (Å²) in [6.07, 6.45) is 0. The van der Waals surface area contributed by atoms with Crippen LogP contribution in [0, 0.1) is 5.82 Å². The number of methoxy groups -OCH3 is 1. The zero-order valence-electron chi connectivity index (χ0n) is 7.93. The first-order valence-electron chi connectivity index (χ1n) is 4.31. The highest BCUT2D eigenvalue weighted by Gasteiger charge is 2.02. The number of hydrogen-bond acceptors (Lipinski definition) is 2. The highest BCUT2D eigenvalue weighted by Crippen LogP contribution is 2.17. The molecule has 0 bridgehead atoms. The van der Waals surface area contributed by atoms with Crippen molar-refractivity contribution in [1.82, 2.24) is 5.32 Å². The first-order chi connectivity index (χ1) is 6.27. The Bertz CT molecular complexity index is 276. The van der Waals surface area contributed by atoms with Gasteiger partial charge in [0.15, 0.2) is 11.6 Å². The zero-order valence-corrected chi connectivity index (χ0v) is 7.93. The van der Waals surface area contributed by atoms with E-state index < -0.39 is 0 Å². The van der Waals surface area contributed by atoms with Crippen molar-refractivity contribution in [2.45, 2.75) is 13.5 Å². The van der Waals surface area contributed by atoms with Gasteiger partial charge in [0.25, 0.3) is 0 Å². The average molecular weight is 183 g/mol. The zero-order chi connectivity index (χ0) is 9.68. The van der Waals surface area contributed by atoms with E-state index in [1.54, 1.807) is 12.1 Å². The van der Waals surface area contributed by atoms with Crippen LogP contribution in [0.2, 0.25) is 0 Å². The summed E-state index contributed by atoms with van der Waals surface area (Å²) in [6.45, 7) is 3.67. The molecular weight excluding hydrogens is 169 g/mol. The molecule has 0 aliphatic carbocycles. The van der Waals surface area contributed by atoms with Crippen molar-refractivity contribution in [2.75, 3.05) is 13.7 Å². The van der Waals surface area contributed by atoms with Gasteiger partial charge >= 0.3 is 0 Å². The number of ether oxygens (including phenoxy) is 1. The highest BCUT2D eigenvalue weighted by atomic mass is 19.1. The lowest BCUT2D eigenvalue weighted by Gasteiger charge is -2.05. The van der Waals surface area contributed by atoms with Crippen molar-refractivity contribution >= 4 is 0 Å². The molecule has 2 nitrogen and oxygen atoms in total. The van der Waals surface area contributed by atoms with Gasteiger partial charge in [-0.3, -0.25) is 0 Å². The molecule has 13 heavy (non-hydrogen) atoms. The number of hydrogen-bond donors (Lipinski definition) is 1. The summed E-state index contributed by atoms with van der Waals surface area (Å²) >= 11 is 0. The monoisotopic (exact) mass is 183 g/mol. The maximum absolute atomic E-state index is 12.9. The second-order valence-electron chi connectivity index (χ2n) is 2.75. The third-order valence-corrected chi connectivity index (χ3v) is 1.79. The molecule has 0 aliphatic rings. The van der Waals surface area contributed by atoms with Crippen LogP contribution in [0.1, 0.15) is 12.5 Å². The molecule has 1 N–H and O–H groups in total. The van der Waals surface area contributed by atoms with Crippen LogP contribution in [0.25, 0.3) is 0 Å². The van der Waals surface area contributed by atoms with Crippen molar-refractivity contribution in [2.24, 2.45) is 0 Å². The standard InChI is InChI=1S/C10H14FNO/c1-3-12-7-8-4-5-9(11)10(6-8)13-2/h4-6,12H,3,7H2,1-2H3. The quantitative estimate of drug-likeness (QED) is 0.770. The molecule has 0 spiro atoms. The van der Waals surface area contributed by atoms with Crippen molar-refractivity contribution < 1.29 is 9.13 Å². The van der Waals surface area contributed by atoms with E-state index in [0.717, 1.165) is 18.7 Å². The Balaban J connectivity index is 2.74. The minimum Gasteiger partial charge on any atom is -0.494 e. The Labute approximate surface area is 77.7 Å². The second kappa shape index (κ2) is 4.82. The minimum atomic E-state index is -0.317. The average Bonchev–Trinajstić information content (AvgIpc) is 2.16. The summed E-state index contributed by atoms with van der Waals surface area (Å²) < 4.78 is 17.8. The van der Waals surface area contributed by atoms with Gasteiger partial charge < -0.3 is 10.1 Å². The van der Waals surface area contributed by atoms with Crippen molar-refractivity contribution in [3.8, 4) is 5.75 Å². The maximum atomic E-state index is 12.9. The molecule has 0 heterocycles. The van der Waals surface area contributed by atoms with E-state index >= 15 is 0 Å². The van der Waals surface area contributed by atoms with Gasteiger partial charge in [0.2, 0.25) is 0 Å². The van der Waals surface area contributed by atoms with Crippen molar-refractivity contribution in [3.05, 3.63) is 29.6 Å². The van der Waals surface area contributed by atoms with Crippen LogP contribution in [-0.4, -0.2) is 13.7 Å². The first kappa shape index (κ1) is 9.99. The summed E-state index contributed by atoms with van der Waals surface area (Å²) in [5.74, 6) is -0.0156. The molecule has 0 saturated heterocycles. The third kappa shape index (κ3) is 2.70. The summed E-state index contributed by atoms with van der Waals surface area (Å²) in [4.78, 5) is 0. The van der Waals surface area contributed by atoms with Gasteiger partial charge in [-0.15, -0.1) is 0 Å². The van der Waals surface area contributed by atoms with Gasteiger partial charge in [-0.25, -0.2) is 4.39 Å². The molecule has 1 rings (SSSR count). The van der Waals surface area contributed by atoms with Gasteiger partial charge in [-0.2, -0.15) is 0 Å². The predicted molar refractivity (Wildman–Crippen MR) is 50.3 cm³/mol. The lowest BCUT2D eigenvalue weighted by atomic mass is 10.2. The number of benzene rings is 1. The Kier molecular flexibility index (Phi) is 3.71.